The van der Waals surface area contributed by atoms with E-state index in [1.165, 1.54) is 44.6 Å². The number of carboxylic acids is 1. The highest BCUT2D eigenvalue weighted by Gasteiger charge is 2.24. The van der Waals surface area contributed by atoms with Gasteiger partial charge in [-0.1, -0.05) is 12.1 Å². The van der Waals surface area contributed by atoms with Gasteiger partial charge < -0.3 is 14.6 Å². The Morgan fingerprint density at radius 1 is 1.12 bits per heavy atom. The minimum atomic E-state index is -4.06. The highest BCUT2D eigenvalue weighted by Crippen LogP contribution is 2.30. The number of hydrogen-bond acceptors (Lipinski definition) is 5. The van der Waals surface area contributed by atoms with Gasteiger partial charge in [0.2, 0.25) is 10.0 Å². The predicted molar refractivity (Wildman–Crippen MR) is 91.3 cm³/mol. The number of rotatable bonds is 8. The molecular weight excluding hydrogens is 365 g/mol. The summed E-state index contributed by atoms with van der Waals surface area (Å²) in [5, 5.41) is 9.07. The normalized spacial score (nSPS) is 12.4. The molecule has 0 aromatic heterocycles. The van der Waals surface area contributed by atoms with Crippen molar-refractivity contribution < 1.29 is 32.2 Å². The number of ether oxygens (including phenoxy) is 2. The fraction of sp³-hybridized carbons (Fsp3) is 0.235. The fourth-order valence-electron chi connectivity index (χ4n) is 2.34. The first-order valence-corrected chi connectivity index (χ1v) is 8.96. The van der Waals surface area contributed by atoms with Crippen LogP contribution in [0.2, 0.25) is 0 Å². The van der Waals surface area contributed by atoms with Crippen molar-refractivity contribution in [2.45, 2.75) is 17.4 Å². The van der Waals surface area contributed by atoms with E-state index in [-0.39, 0.29) is 10.6 Å². The maximum atomic E-state index is 13.1. The second-order valence-corrected chi connectivity index (χ2v) is 7.05. The summed E-state index contributed by atoms with van der Waals surface area (Å²) in [5.41, 5.74) is 0.331. The topological polar surface area (TPSA) is 102 Å². The van der Waals surface area contributed by atoms with E-state index in [1.54, 1.807) is 0 Å². The van der Waals surface area contributed by atoms with Gasteiger partial charge >= 0.3 is 5.97 Å². The molecule has 0 aliphatic heterocycles. The molecule has 0 spiro atoms. The minimum absolute atomic E-state index is 0.118. The highest BCUT2D eigenvalue weighted by molar-refractivity contribution is 7.89. The second-order valence-electron chi connectivity index (χ2n) is 5.34. The molecule has 2 aromatic rings. The Bertz CT molecular complexity index is 883. The number of carbonyl (C=O) groups is 1. The lowest BCUT2D eigenvalue weighted by molar-refractivity contribution is -0.137. The van der Waals surface area contributed by atoms with Gasteiger partial charge in [-0.2, -0.15) is 0 Å². The standard InChI is InChI=1S/C17H18FNO6S/c1-24-15-8-7-13(9-16(15)25-2)26(22,23)19-14(10-17(20)21)11-3-5-12(18)6-4-11/h3-9,14,19H,10H2,1-2H3,(H,20,21). The van der Waals surface area contributed by atoms with Gasteiger partial charge in [-0.3, -0.25) is 4.79 Å². The summed E-state index contributed by atoms with van der Waals surface area (Å²) in [4.78, 5) is 11.0. The van der Waals surface area contributed by atoms with Crippen LogP contribution in [0.1, 0.15) is 18.0 Å². The average Bonchev–Trinajstić information content (AvgIpc) is 2.60. The van der Waals surface area contributed by atoms with Gasteiger partial charge in [0.1, 0.15) is 5.82 Å². The molecule has 0 radical (unpaired) electrons. The third kappa shape index (κ3) is 4.70. The quantitative estimate of drug-likeness (QED) is 0.725. The number of methoxy groups -OCH3 is 2. The third-order valence-corrected chi connectivity index (χ3v) is 5.08. The Morgan fingerprint density at radius 2 is 1.73 bits per heavy atom. The number of sulfonamides is 1. The van der Waals surface area contributed by atoms with Crippen LogP contribution < -0.4 is 14.2 Å². The molecular formula is C17H18FNO6S. The second kappa shape index (κ2) is 8.15. The Hall–Kier alpha value is -2.65. The van der Waals surface area contributed by atoms with Crippen LogP contribution in [0.15, 0.2) is 47.4 Å². The lowest BCUT2D eigenvalue weighted by Gasteiger charge is -2.18. The van der Waals surface area contributed by atoms with Crippen molar-refractivity contribution in [3.63, 3.8) is 0 Å². The van der Waals surface area contributed by atoms with Gasteiger partial charge in [-0.15, -0.1) is 0 Å². The molecule has 26 heavy (non-hydrogen) atoms. The van der Waals surface area contributed by atoms with E-state index in [0.717, 1.165) is 12.1 Å². The van der Waals surface area contributed by atoms with E-state index < -0.39 is 34.3 Å². The summed E-state index contributed by atoms with van der Waals surface area (Å²) in [7, 11) is -1.28. The highest BCUT2D eigenvalue weighted by atomic mass is 32.2. The summed E-state index contributed by atoms with van der Waals surface area (Å²) in [5.74, 6) is -1.14. The summed E-state index contributed by atoms with van der Waals surface area (Å²) in [6, 6.07) is 7.88. The first-order valence-electron chi connectivity index (χ1n) is 7.48. The van der Waals surface area contributed by atoms with Gasteiger partial charge in [0, 0.05) is 6.07 Å². The fourth-order valence-corrected chi connectivity index (χ4v) is 3.58. The van der Waals surface area contributed by atoms with Crippen molar-refractivity contribution in [1.82, 2.24) is 4.72 Å². The molecule has 7 nitrogen and oxygen atoms in total. The van der Waals surface area contributed by atoms with Crippen LogP contribution in [0, 0.1) is 5.82 Å². The van der Waals surface area contributed by atoms with Crippen molar-refractivity contribution in [3.8, 4) is 11.5 Å². The molecule has 0 saturated heterocycles. The van der Waals surface area contributed by atoms with Crippen molar-refractivity contribution >= 4 is 16.0 Å². The molecule has 1 unspecified atom stereocenters. The molecule has 0 amide bonds. The van der Waals surface area contributed by atoms with Crippen molar-refractivity contribution in [1.29, 1.82) is 0 Å². The van der Waals surface area contributed by atoms with Crippen molar-refractivity contribution in [2.75, 3.05) is 14.2 Å². The molecule has 2 N–H and O–H groups in total. The number of halogens is 1. The van der Waals surface area contributed by atoms with Gasteiger partial charge in [-0.05, 0) is 29.8 Å². The smallest absolute Gasteiger partial charge is 0.305 e. The zero-order valence-electron chi connectivity index (χ0n) is 14.1. The minimum Gasteiger partial charge on any atom is -0.493 e. The van der Waals surface area contributed by atoms with Crippen molar-refractivity contribution in [2.24, 2.45) is 0 Å². The molecule has 0 heterocycles. The maximum Gasteiger partial charge on any atom is 0.305 e. The molecule has 2 rings (SSSR count). The number of nitrogens with one attached hydrogen (secondary N) is 1. The summed E-state index contributed by atoms with van der Waals surface area (Å²) in [6.07, 6.45) is -0.502. The summed E-state index contributed by atoms with van der Waals surface area (Å²) < 4.78 is 50.9. The third-order valence-electron chi connectivity index (χ3n) is 3.61. The first kappa shape index (κ1) is 19.7. The molecule has 140 valence electrons. The van der Waals surface area contributed by atoms with Gasteiger partial charge in [0.15, 0.2) is 11.5 Å². The molecule has 2 aromatic carbocycles. The Labute approximate surface area is 150 Å². The van der Waals surface area contributed by atoms with E-state index in [9.17, 15) is 17.6 Å². The maximum absolute atomic E-state index is 13.1. The van der Waals surface area contributed by atoms with E-state index in [1.807, 2.05) is 0 Å². The molecule has 0 aliphatic carbocycles. The monoisotopic (exact) mass is 383 g/mol. The SMILES string of the molecule is COc1ccc(S(=O)(=O)NC(CC(=O)O)c2ccc(F)cc2)cc1OC. The van der Waals surface area contributed by atoms with Gasteiger partial charge in [0.25, 0.3) is 0 Å². The van der Waals surface area contributed by atoms with Crippen LogP contribution in [0.25, 0.3) is 0 Å². The van der Waals surface area contributed by atoms with Crippen LogP contribution in [0.5, 0.6) is 11.5 Å². The molecule has 0 aliphatic rings. The van der Waals surface area contributed by atoms with Crippen LogP contribution in [0.3, 0.4) is 0 Å². The Balaban J connectivity index is 2.36. The first-order chi connectivity index (χ1) is 12.3. The molecule has 1 atom stereocenters. The van der Waals surface area contributed by atoms with E-state index in [4.69, 9.17) is 14.6 Å². The molecule has 0 saturated carbocycles. The van der Waals surface area contributed by atoms with Gasteiger partial charge in [-0.25, -0.2) is 17.5 Å². The van der Waals surface area contributed by atoms with Crippen molar-refractivity contribution in [3.05, 3.63) is 53.8 Å². The summed E-state index contributed by atoms with van der Waals surface area (Å²) in [6.45, 7) is 0. The van der Waals surface area contributed by atoms with E-state index in [0.29, 0.717) is 11.3 Å². The van der Waals surface area contributed by atoms with E-state index >= 15 is 0 Å². The molecule has 0 fully saturated rings. The lowest BCUT2D eigenvalue weighted by atomic mass is 10.1. The van der Waals surface area contributed by atoms with Crippen LogP contribution in [0.4, 0.5) is 4.39 Å². The molecule has 9 heteroatoms. The largest absolute Gasteiger partial charge is 0.493 e. The zero-order chi connectivity index (χ0) is 19.3. The number of carboxylic acid groups (broad SMARTS) is 1. The lowest BCUT2D eigenvalue weighted by Crippen LogP contribution is -2.30. The number of hydrogen-bond donors (Lipinski definition) is 2. The Morgan fingerprint density at radius 3 is 2.27 bits per heavy atom. The zero-order valence-corrected chi connectivity index (χ0v) is 14.9. The van der Waals surface area contributed by atoms with Gasteiger partial charge in [0.05, 0.1) is 31.6 Å². The predicted octanol–water partition coefficient (Wildman–Crippen LogP) is 2.34. The van der Waals surface area contributed by atoms with Crippen LogP contribution >= 0.6 is 0 Å². The molecule has 0 bridgehead atoms. The van der Waals surface area contributed by atoms with E-state index in [2.05, 4.69) is 4.72 Å². The van der Waals surface area contributed by atoms with Crippen LogP contribution in [-0.2, 0) is 14.8 Å². The number of aliphatic carboxylic acids is 1. The Kier molecular flexibility index (Phi) is 6.17. The average molecular weight is 383 g/mol. The summed E-state index contributed by atoms with van der Waals surface area (Å²) >= 11 is 0. The number of benzene rings is 2. The van der Waals surface area contributed by atoms with Crippen LogP contribution in [-0.4, -0.2) is 33.7 Å².